The normalized spacial score (nSPS) is 21.5. The second-order valence-corrected chi connectivity index (χ2v) is 10.7. The third kappa shape index (κ3) is 6.67. The van der Waals surface area contributed by atoms with Crippen LogP contribution in [-0.2, 0) is 0 Å². The number of likely N-dealkylation sites (N-methyl/N-ethyl adjacent to an activating group) is 1. The summed E-state index contributed by atoms with van der Waals surface area (Å²) in [7, 11) is 2.14. The van der Waals surface area contributed by atoms with Crippen LogP contribution < -0.4 is 10.1 Å². The summed E-state index contributed by atoms with van der Waals surface area (Å²) in [5.41, 5.74) is 1.32. The molecule has 1 saturated carbocycles. The van der Waals surface area contributed by atoms with Gasteiger partial charge in [0.15, 0.2) is 5.75 Å². The minimum absolute atomic E-state index is 0.0175. The van der Waals surface area contributed by atoms with Gasteiger partial charge in [-0.3, -0.25) is 14.6 Å². The van der Waals surface area contributed by atoms with Gasteiger partial charge in [-0.25, -0.2) is 0 Å². The first kappa shape index (κ1) is 27.1. The standard InChI is InChI=1S/C29H40N4O4/c1-20-16-33(21(2)19-34)29(36)24-10-7-11-25(31-28(35)23-12-14-30-15-13-23)27(24)37-26(20)18-32(3)17-22-8-5-4-6-9-22/h7,10-15,20-22,26,34H,4-6,8-9,16-19H2,1-3H3,(H,31,35)/t20-,21-,26-/m0/s1. The predicted octanol–water partition coefficient (Wildman–Crippen LogP) is 4.07. The van der Waals surface area contributed by atoms with Crippen molar-refractivity contribution in [1.29, 1.82) is 0 Å². The average Bonchev–Trinajstić information content (AvgIpc) is 2.91. The largest absolute Gasteiger partial charge is 0.486 e. The molecule has 0 saturated heterocycles. The number of para-hydroxylation sites is 1. The number of aromatic nitrogens is 1. The number of fused-ring (bicyclic) bond motifs is 1. The van der Waals surface area contributed by atoms with Crippen molar-refractivity contribution in [3.05, 3.63) is 53.9 Å². The van der Waals surface area contributed by atoms with Gasteiger partial charge in [0.25, 0.3) is 11.8 Å². The maximum Gasteiger partial charge on any atom is 0.258 e. The first-order chi connectivity index (χ1) is 17.9. The maximum atomic E-state index is 13.6. The molecule has 2 amide bonds. The van der Waals surface area contributed by atoms with Crippen LogP contribution in [0.2, 0.25) is 0 Å². The Hall–Kier alpha value is -2.97. The van der Waals surface area contributed by atoms with E-state index in [9.17, 15) is 14.7 Å². The monoisotopic (exact) mass is 508 g/mol. The highest BCUT2D eigenvalue weighted by Crippen LogP contribution is 2.35. The van der Waals surface area contributed by atoms with Crippen molar-refractivity contribution >= 4 is 17.5 Å². The molecule has 2 aromatic rings. The third-order valence-electron chi connectivity index (χ3n) is 7.67. The van der Waals surface area contributed by atoms with E-state index in [2.05, 4.69) is 29.2 Å². The lowest BCUT2D eigenvalue weighted by Gasteiger charge is -2.39. The second kappa shape index (κ2) is 12.5. The van der Waals surface area contributed by atoms with E-state index in [1.165, 1.54) is 32.1 Å². The fourth-order valence-corrected chi connectivity index (χ4v) is 5.45. The average molecular weight is 509 g/mol. The quantitative estimate of drug-likeness (QED) is 0.558. The number of carbonyl (C=O) groups is 2. The van der Waals surface area contributed by atoms with Crippen LogP contribution in [0, 0.1) is 11.8 Å². The van der Waals surface area contributed by atoms with E-state index in [1.54, 1.807) is 47.6 Å². The van der Waals surface area contributed by atoms with Crippen LogP contribution in [0.4, 0.5) is 5.69 Å². The molecule has 2 heterocycles. The summed E-state index contributed by atoms with van der Waals surface area (Å²) in [5, 5.41) is 12.8. The maximum absolute atomic E-state index is 13.6. The van der Waals surface area contributed by atoms with Crippen LogP contribution in [0.3, 0.4) is 0 Å². The van der Waals surface area contributed by atoms with Crippen LogP contribution in [-0.4, -0.2) is 77.1 Å². The van der Waals surface area contributed by atoms with Gasteiger partial charge < -0.3 is 25.0 Å². The molecule has 1 aliphatic carbocycles. The molecule has 2 N–H and O–H groups in total. The summed E-state index contributed by atoms with van der Waals surface area (Å²) in [5.74, 6) is 0.597. The highest BCUT2D eigenvalue weighted by Gasteiger charge is 2.35. The number of anilines is 1. The molecule has 1 aromatic heterocycles. The van der Waals surface area contributed by atoms with Crippen LogP contribution in [0.25, 0.3) is 0 Å². The molecule has 2 aliphatic rings. The van der Waals surface area contributed by atoms with Gasteiger partial charge >= 0.3 is 0 Å². The van der Waals surface area contributed by atoms with E-state index >= 15 is 0 Å². The Morgan fingerprint density at radius 1 is 1.19 bits per heavy atom. The van der Waals surface area contributed by atoms with Crippen molar-refractivity contribution in [2.24, 2.45) is 11.8 Å². The Bertz CT molecular complexity index is 1060. The first-order valence-electron chi connectivity index (χ1n) is 13.5. The minimum Gasteiger partial charge on any atom is -0.486 e. The molecule has 37 heavy (non-hydrogen) atoms. The first-order valence-corrected chi connectivity index (χ1v) is 13.5. The Labute approximate surface area is 220 Å². The zero-order valence-corrected chi connectivity index (χ0v) is 22.2. The molecule has 8 heteroatoms. The van der Waals surface area contributed by atoms with Gasteiger partial charge in [-0.05, 0) is 57.0 Å². The molecule has 0 spiro atoms. The predicted molar refractivity (Wildman–Crippen MR) is 144 cm³/mol. The fraction of sp³-hybridized carbons (Fsp3) is 0.552. The van der Waals surface area contributed by atoms with Crippen molar-refractivity contribution in [3.63, 3.8) is 0 Å². The molecule has 3 atom stereocenters. The van der Waals surface area contributed by atoms with E-state index in [-0.39, 0.29) is 36.5 Å². The molecule has 0 bridgehead atoms. The lowest BCUT2D eigenvalue weighted by Crippen LogP contribution is -2.50. The van der Waals surface area contributed by atoms with Crippen molar-refractivity contribution in [3.8, 4) is 5.75 Å². The summed E-state index contributed by atoms with van der Waals surface area (Å²) in [6.07, 6.45) is 9.42. The highest BCUT2D eigenvalue weighted by molar-refractivity contribution is 6.07. The zero-order valence-electron chi connectivity index (χ0n) is 22.2. The Morgan fingerprint density at radius 2 is 1.92 bits per heavy atom. The molecule has 0 radical (unpaired) electrons. The molecule has 1 fully saturated rings. The Morgan fingerprint density at radius 3 is 2.62 bits per heavy atom. The summed E-state index contributed by atoms with van der Waals surface area (Å²) >= 11 is 0. The number of amides is 2. The topological polar surface area (TPSA) is 95.0 Å². The number of aliphatic hydroxyl groups is 1. The van der Waals surface area contributed by atoms with Gasteiger partial charge in [-0.1, -0.05) is 32.3 Å². The van der Waals surface area contributed by atoms with Crippen LogP contribution in [0.5, 0.6) is 5.75 Å². The third-order valence-corrected chi connectivity index (χ3v) is 7.67. The van der Waals surface area contributed by atoms with E-state index in [4.69, 9.17) is 4.74 Å². The summed E-state index contributed by atoms with van der Waals surface area (Å²) in [4.78, 5) is 34.7. The molecule has 4 rings (SSSR count). The number of rotatable bonds is 8. The second-order valence-electron chi connectivity index (χ2n) is 10.7. The van der Waals surface area contributed by atoms with Crippen molar-refractivity contribution in [2.75, 3.05) is 38.6 Å². The number of pyridine rings is 1. The molecular weight excluding hydrogens is 468 g/mol. The van der Waals surface area contributed by atoms with Gasteiger partial charge in [-0.2, -0.15) is 0 Å². The lowest BCUT2D eigenvalue weighted by atomic mass is 9.89. The number of carbonyl (C=O) groups excluding carboxylic acids is 2. The summed E-state index contributed by atoms with van der Waals surface area (Å²) in [6.45, 7) is 6.03. The Balaban J connectivity index is 1.63. The van der Waals surface area contributed by atoms with Gasteiger partial charge in [0.05, 0.1) is 23.9 Å². The SMILES string of the molecule is C[C@H]1CN([C@@H](C)CO)C(=O)c2cccc(NC(=O)c3ccncc3)c2O[C@H]1CN(C)CC1CCCCC1. The minimum atomic E-state index is -0.336. The molecule has 0 unspecified atom stereocenters. The van der Waals surface area contributed by atoms with Gasteiger partial charge in [0.1, 0.15) is 6.10 Å². The van der Waals surface area contributed by atoms with Gasteiger partial charge in [-0.15, -0.1) is 0 Å². The van der Waals surface area contributed by atoms with Crippen molar-refractivity contribution in [1.82, 2.24) is 14.8 Å². The number of ether oxygens (including phenoxy) is 1. The Kier molecular flexibility index (Phi) is 9.16. The zero-order chi connectivity index (χ0) is 26.4. The van der Waals surface area contributed by atoms with Gasteiger partial charge in [0, 0.05) is 43.5 Å². The van der Waals surface area contributed by atoms with Gasteiger partial charge in [0.2, 0.25) is 0 Å². The van der Waals surface area contributed by atoms with Crippen LogP contribution >= 0.6 is 0 Å². The lowest BCUT2D eigenvalue weighted by molar-refractivity contribution is 0.0332. The van der Waals surface area contributed by atoms with Crippen LogP contribution in [0.1, 0.15) is 66.7 Å². The summed E-state index contributed by atoms with van der Waals surface area (Å²) in [6, 6.07) is 8.19. The van der Waals surface area contributed by atoms with E-state index in [0.717, 1.165) is 6.54 Å². The van der Waals surface area contributed by atoms with E-state index in [0.29, 0.717) is 41.6 Å². The number of hydrogen-bond acceptors (Lipinski definition) is 6. The molecule has 8 nitrogen and oxygen atoms in total. The van der Waals surface area contributed by atoms with E-state index < -0.39 is 0 Å². The summed E-state index contributed by atoms with van der Waals surface area (Å²) < 4.78 is 6.63. The van der Waals surface area contributed by atoms with E-state index in [1.807, 2.05) is 6.92 Å². The molecule has 1 aliphatic heterocycles. The number of nitrogens with zero attached hydrogens (tertiary/aromatic N) is 3. The van der Waals surface area contributed by atoms with Crippen LogP contribution in [0.15, 0.2) is 42.7 Å². The molecular formula is C29H40N4O4. The number of benzene rings is 1. The number of hydrogen-bond donors (Lipinski definition) is 2. The number of nitrogens with one attached hydrogen (secondary N) is 1. The van der Waals surface area contributed by atoms with Crippen molar-refractivity contribution in [2.45, 2.75) is 58.1 Å². The van der Waals surface area contributed by atoms with Crippen molar-refractivity contribution < 1.29 is 19.4 Å². The number of aliphatic hydroxyl groups excluding tert-OH is 1. The fourth-order valence-electron chi connectivity index (χ4n) is 5.45. The smallest absolute Gasteiger partial charge is 0.258 e. The molecule has 200 valence electrons. The molecule has 1 aromatic carbocycles. The highest BCUT2D eigenvalue weighted by atomic mass is 16.5.